The van der Waals surface area contributed by atoms with Crippen LogP contribution in [0.25, 0.3) is 61.4 Å². The zero-order valence-corrected chi connectivity index (χ0v) is 29.0. The summed E-state index contributed by atoms with van der Waals surface area (Å²) in [4.78, 5) is 15.3. The second-order valence-electron chi connectivity index (χ2n) is 13.8. The second-order valence-corrected chi connectivity index (χ2v) is 13.8. The van der Waals surface area contributed by atoms with Crippen LogP contribution in [0.3, 0.4) is 0 Å². The summed E-state index contributed by atoms with van der Waals surface area (Å²) in [7, 11) is 0. The molecule has 1 aliphatic carbocycles. The number of benzene rings is 6. The molecule has 5 heteroatoms. The molecule has 1 aliphatic rings. The lowest BCUT2D eigenvalue weighted by molar-refractivity contribution is 0.631. The Kier molecular flexibility index (Phi) is 7.62. The molecule has 0 unspecified atom stereocenters. The number of fused-ring (bicyclic) bond motifs is 4. The van der Waals surface area contributed by atoms with E-state index in [0.717, 1.165) is 66.8 Å². The molecule has 5 nitrogen and oxygen atoms in total. The van der Waals surface area contributed by atoms with Crippen molar-refractivity contribution in [1.29, 1.82) is 0 Å². The molecule has 0 spiro atoms. The molecule has 0 amide bonds. The van der Waals surface area contributed by atoms with E-state index in [4.69, 9.17) is 25.1 Å². The van der Waals surface area contributed by atoms with Gasteiger partial charge in [0.1, 0.15) is 17.0 Å². The zero-order chi connectivity index (χ0) is 35.2. The largest absolute Gasteiger partial charge is 0.456 e. The van der Waals surface area contributed by atoms with Crippen LogP contribution in [0, 0.1) is 0 Å². The molecule has 0 aliphatic heterocycles. The normalized spacial score (nSPS) is 13.9. The molecule has 52 heavy (non-hydrogen) atoms. The molecule has 2 heterocycles. The number of nitrogens with two attached hydrogens (primary N) is 1. The summed E-state index contributed by atoms with van der Waals surface area (Å²) in [6, 6.07) is 53.9. The second kappa shape index (κ2) is 12.6. The van der Waals surface area contributed by atoms with Crippen molar-refractivity contribution in [2.45, 2.75) is 25.7 Å². The van der Waals surface area contributed by atoms with Gasteiger partial charge in [0.25, 0.3) is 0 Å². The number of rotatable bonds is 7. The van der Waals surface area contributed by atoms with Gasteiger partial charge in [-0.15, -0.1) is 0 Å². The predicted octanol–water partition coefficient (Wildman–Crippen LogP) is 11.0. The average molecular weight is 673 g/mol. The van der Waals surface area contributed by atoms with Gasteiger partial charge >= 0.3 is 0 Å². The standard InChI is InChI=1S/C47H36N4O/c1-47(2)38-23-13-12-21-34(38)36(44(47)51-45(48)32-17-8-4-9-18-32)27-30-25-26-41-37(28-30)43-35(22-14-24-42(43)52-41)40-29-39(31-15-6-3-7-16-31)49-46(50-40)33-19-10-5-11-20-33/h3-26,28-29H,27H2,1-2H3,(H2,48,51). The highest BCUT2D eigenvalue weighted by Gasteiger charge is 2.38. The highest BCUT2D eigenvalue weighted by molar-refractivity contribution is 6.12. The smallest absolute Gasteiger partial charge is 0.160 e. The van der Waals surface area contributed by atoms with Crippen molar-refractivity contribution >= 4 is 33.3 Å². The van der Waals surface area contributed by atoms with E-state index in [-0.39, 0.29) is 5.41 Å². The quantitative estimate of drug-likeness (QED) is 0.135. The van der Waals surface area contributed by atoms with Crippen molar-refractivity contribution in [1.82, 2.24) is 9.97 Å². The van der Waals surface area contributed by atoms with Gasteiger partial charge in [-0.3, -0.25) is 0 Å². The highest BCUT2D eigenvalue weighted by Crippen LogP contribution is 2.48. The van der Waals surface area contributed by atoms with Gasteiger partial charge in [-0.25, -0.2) is 15.0 Å². The van der Waals surface area contributed by atoms with Gasteiger partial charge in [-0.05, 0) is 52.9 Å². The Hall–Kier alpha value is -6.59. The third-order valence-corrected chi connectivity index (χ3v) is 10.1. The molecule has 2 N–H and O–H groups in total. The summed E-state index contributed by atoms with van der Waals surface area (Å²) in [6.45, 7) is 4.48. The van der Waals surface area contributed by atoms with E-state index >= 15 is 0 Å². The van der Waals surface area contributed by atoms with E-state index in [9.17, 15) is 0 Å². The maximum Gasteiger partial charge on any atom is 0.160 e. The van der Waals surface area contributed by atoms with E-state index in [1.54, 1.807) is 0 Å². The Morgan fingerprint density at radius 1 is 0.635 bits per heavy atom. The number of allylic oxidation sites excluding steroid dienone is 2. The average Bonchev–Trinajstić information content (AvgIpc) is 3.67. The third-order valence-electron chi connectivity index (χ3n) is 10.1. The van der Waals surface area contributed by atoms with Gasteiger partial charge < -0.3 is 10.2 Å². The highest BCUT2D eigenvalue weighted by atomic mass is 16.3. The minimum atomic E-state index is -0.315. The SMILES string of the molecule is CC1(C)C(N=C(N)c2ccccc2)=C(Cc2ccc3oc4cccc(-c5cc(-c6ccccc6)nc(-c6ccccc6)n5)c4c3c2)c2ccccc21. The molecule has 9 rings (SSSR count). The molecule has 0 fully saturated rings. The molecule has 0 bridgehead atoms. The first kappa shape index (κ1) is 31.4. The Bertz CT molecular complexity index is 2610. The minimum absolute atomic E-state index is 0.315. The number of aliphatic imine (C=N–C) groups is 1. The summed E-state index contributed by atoms with van der Waals surface area (Å²) in [5.41, 5.74) is 19.4. The number of furan rings is 1. The summed E-state index contributed by atoms with van der Waals surface area (Å²) in [6.07, 6.45) is 0.690. The molecule has 2 aromatic heterocycles. The first-order valence-corrected chi connectivity index (χ1v) is 17.6. The molecular weight excluding hydrogens is 637 g/mol. The van der Waals surface area contributed by atoms with Crippen LogP contribution in [0.2, 0.25) is 0 Å². The fourth-order valence-electron chi connectivity index (χ4n) is 7.56. The lowest BCUT2D eigenvalue weighted by Crippen LogP contribution is -2.20. The van der Waals surface area contributed by atoms with Gasteiger partial charge in [-0.1, -0.05) is 147 Å². The van der Waals surface area contributed by atoms with Gasteiger partial charge in [-0.2, -0.15) is 0 Å². The predicted molar refractivity (Wildman–Crippen MR) is 213 cm³/mol. The summed E-state index contributed by atoms with van der Waals surface area (Å²) >= 11 is 0. The van der Waals surface area contributed by atoms with Crippen molar-refractivity contribution < 1.29 is 4.42 Å². The fourth-order valence-corrected chi connectivity index (χ4v) is 7.56. The number of nitrogens with zero attached hydrogens (tertiary/aromatic N) is 3. The number of hydrogen-bond donors (Lipinski definition) is 1. The summed E-state index contributed by atoms with van der Waals surface area (Å²) in [5, 5.41) is 2.08. The van der Waals surface area contributed by atoms with Crippen molar-refractivity contribution in [3.05, 3.63) is 186 Å². The van der Waals surface area contributed by atoms with Crippen LogP contribution < -0.4 is 5.73 Å². The lowest BCUT2D eigenvalue weighted by atomic mass is 9.85. The Balaban J connectivity index is 1.20. The third kappa shape index (κ3) is 5.48. The van der Waals surface area contributed by atoms with E-state index in [2.05, 4.69) is 92.7 Å². The number of aromatic nitrogens is 2. The molecule has 0 saturated carbocycles. The van der Waals surface area contributed by atoms with E-state index in [1.165, 1.54) is 16.7 Å². The Morgan fingerprint density at radius 2 is 1.29 bits per heavy atom. The molecular formula is C47H36N4O. The molecule has 0 radical (unpaired) electrons. The van der Waals surface area contributed by atoms with Gasteiger partial charge in [0.05, 0.1) is 17.1 Å². The first-order valence-electron chi connectivity index (χ1n) is 17.6. The number of hydrogen-bond acceptors (Lipinski definition) is 4. The molecule has 0 saturated heterocycles. The number of amidine groups is 1. The van der Waals surface area contributed by atoms with E-state index in [1.807, 2.05) is 78.9 Å². The summed E-state index contributed by atoms with van der Waals surface area (Å²) in [5.74, 6) is 1.20. The van der Waals surface area contributed by atoms with Gasteiger partial charge in [0.2, 0.25) is 0 Å². The Morgan fingerprint density at radius 3 is 2.06 bits per heavy atom. The van der Waals surface area contributed by atoms with Crippen molar-refractivity contribution in [3.8, 4) is 33.9 Å². The summed E-state index contributed by atoms with van der Waals surface area (Å²) < 4.78 is 6.49. The lowest BCUT2D eigenvalue weighted by Gasteiger charge is -2.22. The van der Waals surface area contributed by atoms with Crippen LogP contribution in [0.15, 0.2) is 173 Å². The van der Waals surface area contributed by atoms with Crippen molar-refractivity contribution in [3.63, 3.8) is 0 Å². The maximum absolute atomic E-state index is 6.67. The maximum atomic E-state index is 6.67. The van der Waals surface area contributed by atoms with E-state index < -0.39 is 0 Å². The van der Waals surface area contributed by atoms with Gasteiger partial charge in [0.15, 0.2) is 5.82 Å². The molecule has 250 valence electrons. The molecule has 6 aromatic carbocycles. The van der Waals surface area contributed by atoms with Crippen LogP contribution >= 0.6 is 0 Å². The Labute approximate surface area is 302 Å². The van der Waals surface area contributed by atoms with Crippen LogP contribution in [0.4, 0.5) is 0 Å². The molecule has 8 aromatic rings. The van der Waals surface area contributed by atoms with Gasteiger partial charge in [0, 0.05) is 38.4 Å². The first-order chi connectivity index (χ1) is 25.4. The van der Waals surface area contributed by atoms with Crippen molar-refractivity contribution in [2.75, 3.05) is 0 Å². The monoisotopic (exact) mass is 672 g/mol. The van der Waals surface area contributed by atoms with E-state index in [0.29, 0.717) is 18.1 Å². The van der Waals surface area contributed by atoms with Crippen LogP contribution in [-0.2, 0) is 11.8 Å². The van der Waals surface area contributed by atoms with Crippen LogP contribution in [-0.4, -0.2) is 15.8 Å². The van der Waals surface area contributed by atoms with Crippen LogP contribution in [0.5, 0.6) is 0 Å². The minimum Gasteiger partial charge on any atom is -0.456 e. The topological polar surface area (TPSA) is 77.3 Å². The zero-order valence-electron chi connectivity index (χ0n) is 29.0. The van der Waals surface area contributed by atoms with Crippen molar-refractivity contribution in [2.24, 2.45) is 10.7 Å². The van der Waals surface area contributed by atoms with Crippen LogP contribution in [0.1, 0.15) is 36.1 Å². The molecule has 0 atom stereocenters. The fraction of sp³-hybridized carbons (Fsp3) is 0.0851.